The van der Waals surface area contributed by atoms with Crippen LogP contribution < -0.4 is 9.47 Å². The molecule has 0 saturated carbocycles. The molecule has 0 unspecified atom stereocenters. The van der Waals surface area contributed by atoms with Crippen molar-refractivity contribution >= 4 is 74.1 Å². The average Bonchev–Trinajstić information content (AvgIpc) is 3.07. The van der Waals surface area contributed by atoms with Crippen LogP contribution in [0.2, 0.25) is 10.0 Å². The fourth-order valence-corrected chi connectivity index (χ4v) is 4.87. The highest BCUT2D eigenvalue weighted by Gasteiger charge is 2.41. The summed E-state index contributed by atoms with van der Waals surface area (Å²) in [5.74, 6) is -0.338. The molecule has 2 amide bonds. The maximum atomic E-state index is 12.8. The van der Waals surface area contributed by atoms with Crippen molar-refractivity contribution in [2.24, 2.45) is 0 Å². The molecule has 1 heterocycles. The highest BCUT2D eigenvalue weighted by molar-refractivity contribution is 9.10. The number of halogens is 3. The average molecular weight is 589 g/mol. The van der Waals surface area contributed by atoms with E-state index in [1.54, 1.807) is 36.4 Å². The van der Waals surface area contributed by atoms with Crippen molar-refractivity contribution < 1.29 is 28.6 Å². The third-order valence-electron chi connectivity index (χ3n) is 4.80. The Hall–Kier alpha value is -2.20. The van der Waals surface area contributed by atoms with E-state index in [0.717, 1.165) is 22.2 Å². The van der Waals surface area contributed by atoms with E-state index >= 15 is 0 Å². The van der Waals surface area contributed by atoms with Gasteiger partial charge in [0.1, 0.15) is 12.6 Å². The molecule has 0 aromatic heterocycles. The normalized spacial score (nSPS) is 15.6. The predicted octanol–water partition coefficient (Wildman–Crippen LogP) is 6.33. The van der Waals surface area contributed by atoms with Crippen LogP contribution >= 0.6 is 50.9 Å². The summed E-state index contributed by atoms with van der Waals surface area (Å²) < 4.78 is 16.9. The number of nitrogens with zero attached hydrogens (tertiary/aromatic N) is 1. The van der Waals surface area contributed by atoms with E-state index in [-0.39, 0.29) is 11.5 Å². The minimum Gasteiger partial charge on any atom is -0.490 e. The van der Waals surface area contributed by atoms with E-state index < -0.39 is 23.2 Å². The molecule has 3 rings (SSSR count). The van der Waals surface area contributed by atoms with Gasteiger partial charge in [0.05, 0.1) is 18.6 Å². The number of rotatable bonds is 8. The first-order chi connectivity index (χ1) is 16.2. The minimum absolute atomic E-state index is 0.172. The SMILES string of the molecule is CCOc1cc(/C=C2/SC(=O)N([C@@H](C)C(=O)OC)C2=O)c(Br)cc1OCc1ccc(Cl)cc1Cl. The molecule has 11 heteroatoms. The fourth-order valence-electron chi connectivity index (χ4n) is 3.07. The Balaban J connectivity index is 1.87. The quantitative estimate of drug-likeness (QED) is 0.263. The second kappa shape index (κ2) is 11.5. The summed E-state index contributed by atoms with van der Waals surface area (Å²) in [5.41, 5.74) is 1.35. The molecule has 0 spiro atoms. The summed E-state index contributed by atoms with van der Waals surface area (Å²) in [7, 11) is 1.20. The molecule has 1 atom stereocenters. The zero-order valence-corrected chi connectivity index (χ0v) is 22.3. The summed E-state index contributed by atoms with van der Waals surface area (Å²) in [6.07, 6.45) is 1.56. The maximum Gasteiger partial charge on any atom is 0.328 e. The third kappa shape index (κ3) is 5.89. The van der Waals surface area contributed by atoms with E-state index in [9.17, 15) is 14.4 Å². The van der Waals surface area contributed by atoms with Crippen LogP contribution in [-0.2, 0) is 20.9 Å². The molecule has 0 aliphatic carbocycles. The lowest BCUT2D eigenvalue weighted by Gasteiger charge is -2.18. The van der Waals surface area contributed by atoms with Gasteiger partial charge in [-0.15, -0.1) is 0 Å². The van der Waals surface area contributed by atoms with Gasteiger partial charge in [0.2, 0.25) is 0 Å². The van der Waals surface area contributed by atoms with E-state index in [1.807, 2.05) is 6.92 Å². The molecule has 34 heavy (non-hydrogen) atoms. The van der Waals surface area contributed by atoms with Crippen molar-refractivity contribution in [2.75, 3.05) is 13.7 Å². The Morgan fingerprint density at radius 3 is 2.53 bits per heavy atom. The Morgan fingerprint density at radius 2 is 1.88 bits per heavy atom. The van der Waals surface area contributed by atoms with Crippen LogP contribution in [0.3, 0.4) is 0 Å². The summed E-state index contributed by atoms with van der Waals surface area (Å²) in [4.78, 5) is 38.0. The number of hydrogen-bond acceptors (Lipinski definition) is 7. The molecule has 1 saturated heterocycles. The number of benzene rings is 2. The molecule has 0 N–H and O–H groups in total. The van der Waals surface area contributed by atoms with Crippen LogP contribution in [0.15, 0.2) is 39.7 Å². The van der Waals surface area contributed by atoms with Gasteiger partial charge in [0.25, 0.3) is 11.1 Å². The topological polar surface area (TPSA) is 82.1 Å². The Kier molecular flexibility index (Phi) is 8.92. The number of carbonyl (C=O) groups excluding carboxylic acids is 3. The van der Waals surface area contributed by atoms with Crippen LogP contribution in [0.4, 0.5) is 4.79 Å². The van der Waals surface area contributed by atoms with Gasteiger partial charge >= 0.3 is 5.97 Å². The number of hydrogen-bond donors (Lipinski definition) is 0. The molecule has 1 fully saturated rings. The van der Waals surface area contributed by atoms with Crippen molar-refractivity contribution in [1.29, 1.82) is 0 Å². The fraction of sp³-hybridized carbons (Fsp3) is 0.261. The molecule has 2 aromatic carbocycles. The van der Waals surface area contributed by atoms with Crippen LogP contribution in [0.5, 0.6) is 11.5 Å². The molecular weight excluding hydrogens is 569 g/mol. The van der Waals surface area contributed by atoms with Gasteiger partial charge in [-0.05, 0) is 61.5 Å². The Bertz CT molecular complexity index is 1170. The first-order valence-corrected chi connectivity index (χ1v) is 12.4. The summed E-state index contributed by atoms with van der Waals surface area (Å²) >= 11 is 16.4. The summed E-state index contributed by atoms with van der Waals surface area (Å²) in [6.45, 7) is 3.84. The molecule has 7 nitrogen and oxygen atoms in total. The predicted molar refractivity (Wildman–Crippen MR) is 135 cm³/mol. The largest absolute Gasteiger partial charge is 0.490 e. The number of esters is 1. The Morgan fingerprint density at radius 1 is 1.18 bits per heavy atom. The molecule has 2 aromatic rings. The zero-order valence-electron chi connectivity index (χ0n) is 18.4. The highest BCUT2D eigenvalue weighted by atomic mass is 79.9. The second-order valence-corrected chi connectivity index (χ2v) is 9.72. The van der Waals surface area contributed by atoms with Crippen molar-refractivity contribution in [1.82, 2.24) is 4.90 Å². The van der Waals surface area contributed by atoms with Crippen molar-refractivity contribution in [3.63, 3.8) is 0 Å². The number of carbonyl (C=O) groups is 3. The molecule has 0 radical (unpaired) electrons. The Labute approximate surface area is 219 Å². The lowest BCUT2D eigenvalue weighted by molar-refractivity contribution is -0.148. The molecule has 180 valence electrons. The van der Waals surface area contributed by atoms with Crippen LogP contribution in [-0.4, -0.2) is 41.8 Å². The van der Waals surface area contributed by atoms with E-state index in [1.165, 1.54) is 14.0 Å². The van der Waals surface area contributed by atoms with Crippen molar-refractivity contribution in [3.05, 3.63) is 60.9 Å². The van der Waals surface area contributed by atoms with E-state index in [2.05, 4.69) is 20.7 Å². The molecular formula is C23H20BrCl2NO6S. The van der Waals surface area contributed by atoms with Gasteiger partial charge in [-0.2, -0.15) is 0 Å². The van der Waals surface area contributed by atoms with E-state index in [4.69, 9.17) is 32.7 Å². The molecule has 1 aliphatic heterocycles. The number of amides is 2. The van der Waals surface area contributed by atoms with Crippen LogP contribution in [0.1, 0.15) is 25.0 Å². The molecule has 1 aliphatic rings. The van der Waals surface area contributed by atoms with Crippen molar-refractivity contribution in [2.45, 2.75) is 26.5 Å². The van der Waals surface area contributed by atoms with Gasteiger partial charge in [-0.25, -0.2) is 4.79 Å². The minimum atomic E-state index is -1.03. The standard InChI is InChI=1S/C23H20BrCl2NO6S/c1-4-32-18-7-14(8-20-21(28)27(23(30)34-20)12(2)22(29)31-3)16(24)10-19(18)33-11-13-5-6-15(25)9-17(13)26/h5-10,12H,4,11H2,1-3H3/b20-8+/t12-/m0/s1. The zero-order chi connectivity index (χ0) is 25.0. The van der Waals surface area contributed by atoms with Crippen LogP contribution in [0.25, 0.3) is 6.08 Å². The molecule has 0 bridgehead atoms. The smallest absolute Gasteiger partial charge is 0.328 e. The van der Waals surface area contributed by atoms with Gasteiger partial charge in [-0.3, -0.25) is 14.5 Å². The summed E-state index contributed by atoms with van der Waals surface area (Å²) in [6, 6.07) is 7.52. The third-order valence-corrected chi connectivity index (χ3v) is 6.96. The number of ether oxygens (including phenoxy) is 3. The van der Waals surface area contributed by atoms with Crippen molar-refractivity contribution in [3.8, 4) is 11.5 Å². The van der Waals surface area contributed by atoms with Gasteiger partial charge in [-0.1, -0.05) is 45.2 Å². The van der Waals surface area contributed by atoms with E-state index in [0.29, 0.717) is 38.2 Å². The van der Waals surface area contributed by atoms with Gasteiger partial charge in [0.15, 0.2) is 11.5 Å². The maximum absolute atomic E-state index is 12.8. The number of methoxy groups -OCH3 is 1. The lowest BCUT2D eigenvalue weighted by atomic mass is 10.1. The van der Waals surface area contributed by atoms with Gasteiger partial charge in [0, 0.05) is 20.1 Å². The monoisotopic (exact) mass is 587 g/mol. The lowest BCUT2D eigenvalue weighted by Crippen LogP contribution is -2.42. The highest BCUT2D eigenvalue weighted by Crippen LogP contribution is 2.39. The van der Waals surface area contributed by atoms with Gasteiger partial charge < -0.3 is 14.2 Å². The summed E-state index contributed by atoms with van der Waals surface area (Å²) in [5, 5.41) is 0.467. The first kappa shape index (κ1) is 26.4. The number of thioether (sulfide) groups is 1. The second-order valence-electron chi connectivity index (χ2n) is 7.03. The van der Waals surface area contributed by atoms with Crippen LogP contribution in [0, 0.1) is 0 Å². The number of imide groups is 1. The first-order valence-electron chi connectivity index (χ1n) is 10.0.